The Kier molecular flexibility index (Phi) is 4.59. The summed E-state index contributed by atoms with van der Waals surface area (Å²) in [6.45, 7) is 5.16. The summed E-state index contributed by atoms with van der Waals surface area (Å²) < 4.78 is 5.52. The molecule has 0 bridgehead atoms. The van der Waals surface area contributed by atoms with Gasteiger partial charge in [-0.25, -0.2) is 0 Å². The van der Waals surface area contributed by atoms with Gasteiger partial charge in [0, 0.05) is 6.54 Å². The maximum absolute atomic E-state index is 9.47. The van der Waals surface area contributed by atoms with E-state index >= 15 is 0 Å². The Bertz CT molecular complexity index is 282. The summed E-state index contributed by atoms with van der Waals surface area (Å²) in [5.74, 6) is 1.34. The minimum absolute atomic E-state index is 0.242. The van der Waals surface area contributed by atoms with Crippen LogP contribution in [0.3, 0.4) is 0 Å². The maximum atomic E-state index is 9.47. The molecule has 0 aliphatic heterocycles. The van der Waals surface area contributed by atoms with E-state index in [-0.39, 0.29) is 6.54 Å². The number of aliphatic hydroxyl groups excluding tert-OH is 1. The van der Waals surface area contributed by atoms with Gasteiger partial charge in [-0.1, -0.05) is 26.0 Å². The van der Waals surface area contributed by atoms with Gasteiger partial charge in [-0.2, -0.15) is 0 Å². The summed E-state index contributed by atoms with van der Waals surface area (Å²) in [5.41, 5.74) is 6.19. The van der Waals surface area contributed by atoms with E-state index in [1.165, 1.54) is 0 Å². The molecule has 1 atom stereocenters. The molecule has 0 aliphatic carbocycles. The Balaban J connectivity index is 2.56. The number of aliphatic hydroxyl groups is 1. The molecule has 0 aromatic heterocycles. The van der Waals surface area contributed by atoms with Gasteiger partial charge >= 0.3 is 0 Å². The Morgan fingerprint density at radius 3 is 2.33 bits per heavy atom. The van der Waals surface area contributed by atoms with Crippen LogP contribution < -0.4 is 10.5 Å². The van der Waals surface area contributed by atoms with Crippen LogP contribution in [-0.4, -0.2) is 18.3 Å². The molecule has 3 N–H and O–H groups in total. The van der Waals surface area contributed by atoms with Crippen molar-refractivity contribution >= 4 is 0 Å². The molecule has 3 nitrogen and oxygen atoms in total. The van der Waals surface area contributed by atoms with Crippen molar-refractivity contribution in [2.75, 3.05) is 13.2 Å². The third kappa shape index (κ3) is 3.90. The third-order valence-electron chi connectivity index (χ3n) is 2.07. The highest BCUT2D eigenvalue weighted by Crippen LogP contribution is 2.17. The Morgan fingerprint density at radius 2 is 1.87 bits per heavy atom. The first kappa shape index (κ1) is 12.0. The van der Waals surface area contributed by atoms with E-state index in [9.17, 15) is 5.11 Å². The molecule has 0 heterocycles. The topological polar surface area (TPSA) is 55.5 Å². The van der Waals surface area contributed by atoms with Crippen molar-refractivity contribution in [3.05, 3.63) is 29.8 Å². The first-order valence-corrected chi connectivity index (χ1v) is 5.24. The SMILES string of the molecule is CC(C)COc1ccc([C@H](O)CN)cc1. The molecular weight excluding hydrogens is 190 g/mol. The molecule has 1 aromatic rings. The number of ether oxygens (including phenoxy) is 1. The van der Waals surface area contributed by atoms with Gasteiger partial charge in [0.15, 0.2) is 0 Å². The molecule has 0 spiro atoms. The number of nitrogens with two attached hydrogens (primary N) is 1. The van der Waals surface area contributed by atoms with Gasteiger partial charge in [0.2, 0.25) is 0 Å². The zero-order chi connectivity index (χ0) is 11.3. The lowest BCUT2D eigenvalue weighted by atomic mass is 10.1. The first-order valence-electron chi connectivity index (χ1n) is 5.24. The highest BCUT2D eigenvalue weighted by molar-refractivity contribution is 5.28. The van der Waals surface area contributed by atoms with E-state index in [1.54, 1.807) is 0 Å². The second kappa shape index (κ2) is 5.73. The molecule has 0 saturated carbocycles. The van der Waals surface area contributed by atoms with Crippen LogP contribution in [0.15, 0.2) is 24.3 Å². The summed E-state index contributed by atoms with van der Waals surface area (Å²) in [6, 6.07) is 7.40. The average molecular weight is 209 g/mol. The van der Waals surface area contributed by atoms with Gasteiger partial charge in [-0.15, -0.1) is 0 Å². The van der Waals surface area contributed by atoms with Crippen molar-refractivity contribution in [2.45, 2.75) is 20.0 Å². The van der Waals surface area contributed by atoms with Gasteiger partial charge in [0.25, 0.3) is 0 Å². The largest absolute Gasteiger partial charge is 0.493 e. The zero-order valence-electron chi connectivity index (χ0n) is 9.31. The van der Waals surface area contributed by atoms with Crippen molar-refractivity contribution < 1.29 is 9.84 Å². The predicted octanol–water partition coefficient (Wildman–Crippen LogP) is 1.71. The van der Waals surface area contributed by atoms with Crippen LogP contribution >= 0.6 is 0 Å². The van der Waals surface area contributed by atoms with Crippen molar-refractivity contribution in [2.24, 2.45) is 11.7 Å². The standard InChI is InChI=1S/C12H19NO2/c1-9(2)8-15-11-5-3-10(4-6-11)12(14)7-13/h3-6,9,12,14H,7-8,13H2,1-2H3/t12-/m1/s1. The summed E-state index contributed by atoms with van der Waals surface area (Å²) in [5, 5.41) is 9.47. The van der Waals surface area contributed by atoms with Crippen LogP contribution in [0.5, 0.6) is 5.75 Å². The fraction of sp³-hybridized carbons (Fsp3) is 0.500. The van der Waals surface area contributed by atoms with Crippen molar-refractivity contribution in [3.8, 4) is 5.75 Å². The highest BCUT2D eigenvalue weighted by Gasteiger charge is 2.04. The summed E-state index contributed by atoms with van der Waals surface area (Å²) in [7, 11) is 0. The first-order chi connectivity index (χ1) is 7.13. The van der Waals surface area contributed by atoms with E-state index in [0.29, 0.717) is 12.5 Å². The zero-order valence-corrected chi connectivity index (χ0v) is 9.31. The van der Waals surface area contributed by atoms with Crippen LogP contribution in [0.2, 0.25) is 0 Å². The van der Waals surface area contributed by atoms with Gasteiger partial charge in [-0.05, 0) is 23.6 Å². The van der Waals surface area contributed by atoms with E-state index in [4.69, 9.17) is 10.5 Å². The molecule has 15 heavy (non-hydrogen) atoms. The molecule has 1 aromatic carbocycles. The van der Waals surface area contributed by atoms with E-state index < -0.39 is 6.10 Å². The number of rotatable bonds is 5. The molecule has 1 rings (SSSR count). The maximum Gasteiger partial charge on any atom is 0.119 e. The fourth-order valence-corrected chi connectivity index (χ4v) is 1.19. The van der Waals surface area contributed by atoms with Gasteiger partial charge < -0.3 is 15.6 Å². The molecule has 0 radical (unpaired) electrons. The highest BCUT2D eigenvalue weighted by atomic mass is 16.5. The average Bonchev–Trinajstić information content (AvgIpc) is 2.26. The fourth-order valence-electron chi connectivity index (χ4n) is 1.19. The smallest absolute Gasteiger partial charge is 0.119 e. The molecular formula is C12H19NO2. The predicted molar refractivity (Wildman–Crippen MR) is 60.8 cm³/mol. The monoisotopic (exact) mass is 209 g/mol. The quantitative estimate of drug-likeness (QED) is 0.776. The van der Waals surface area contributed by atoms with Crippen molar-refractivity contribution in [1.29, 1.82) is 0 Å². The van der Waals surface area contributed by atoms with Gasteiger partial charge in [0.05, 0.1) is 12.7 Å². The molecule has 0 saturated heterocycles. The van der Waals surface area contributed by atoms with E-state index in [1.807, 2.05) is 24.3 Å². The van der Waals surface area contributed by atoms with Crippen LogP contribution in [0.4, 0.5) is 0 Å². The van der Waals surface area contributed by atoms with Crippen LogP contribution in [-0.2, 0) is 0 Å². The van der Waals surface area contributed by atoms with Crippen molar-refractivity contribution in [3.63, 3.8) is 0 Å². The van der Waals surface area contributed by atoms with Crippen LogP contribution in [0, 0.1) is 5.92 Å². The molecule has 84 valence electrons. The van der Waals surface area contributed by atoms with E-state index in [0.717, 1.165) is 11.3 Å². The van der Waals surface area contributed by atoms with Crippen LogP contribution in [0.1, 0.15) is 25.5 Å². The van der Waals surface area contributed by atoms with Gasteiger partial charge in [-0.3, -0.25) is 0 Å². The minimum Gasteiger partial charge on any atom is -0.493 e. The number of hydrogen-bond donors (Lipinski definition) is 2. The lowest BCUT2D eigenvalue weighted by molar-refractivity contribution is 0.186. The second-order valence-corrected chi connectivity index (χ2v) is 4.03. The van der Waals surface area contributed by atoms with E-state index in [2.05, 4.69) is 13.8 Å². The summed E-state index contributed by atoms with van der Waals surface area (Å²) in [4.78, 5) is 0. The van der Waals surface area contributed by atoms with Crippen molar-refractivity contribution in [1.82, 2.24) is 0 Å². The Morgan fingerprint density at radius 1 is 1.27 bits per heavy atom. The summed E-state index contributed by atoms with van der Waals surface area (Å²) >= 11 is 0. The second-order valence-electron chi connectivity index (χ2n) is 4.03. The number of benzene rings is 1. The number of hydrogen-bond acceptors (Lipinski definition) is 3. The lowest BCUT2D eigenvalue weighted by Crippen LogP contribution is -2.11. The molecule has 0 amide bonds. The lowest BCUT2D eigenvalue weighted by Gasteiger charge is -2.11. The Labute approximate surface area is 90.9 Å². The minimum atomic E-state index is -0.579. The van der Waals surface area contributed by atoms with Crippen LogP contribution in [0.25, 0.3) is 0 Å². The molecule has 0 unspecified atom stereocenters. The molecule has 0 fully saturated rings. The van der Waals surface area contributed by atoms with Gasteiger partial charge in [0.1, 0.15) is 5.75 Å². The third-order valence-corrected chi connectivity index (χ3v) is 2.07. The molecule has 3 heteroatoms. The molecule has 0 aliphatic rings. The Hall–Kier alpha value is -1.06. The normalized spacial score (nSPS) is 12.9. The summed E-state index contributed by atoms with van der Waals surface area (Å²) in [6.07, 6.45) is -0.579.